The van der Waals surface area contributed by atoms with Crippen LogP contribution < -0.4 is 5.32 Å². The van der Waals surface area contributed by atoms with Gasteiger partial charge < -0.3 is 10.2 Å². The van der Waals surface area contributed by atoms with Gasteiger partial charge in [0.05, 0.1) is 17.9 Å². The molecule has 28 heavy (non-hydrogen) atoms. The van der Waals surface area contributed by atoms with Gasteiger partial charge >= 0.3 is 0 Å². The lowest BCUT2D eigenvalue weighted by atomic mass is 10.0. The van der Waals surface area contributed by atoms with Crippen LogP contribution >= 0.6 is 35.3 Å². The summed E-state index contributed by atoms with van der Waals surface area (Å²) in [5.41, 5.74) is 5.10. The van der Waals surface area contributed by atoms with Crippen LogP contribution in [0.2, 0.25) is 0 Å². The number of halogens is 1. The zero-order valence-corrected chi connectivity index (χ0v) is 20.9. The largest absolute Gasteiger partial charge is 0.352 e. The molecular weight excluding hydrogens is 483 g/mol. The fourth-order valence-corrected chi connectivity index (χ4v) is 5.11. The Bertz CT molecular complexity index is 786. The summed E-state index contributed by atoms with van der Waals surface area (Å²) in [4.78, 5) is 13.0. The van der Waals surface area contributed by atoms with Crippen molar-refractivity contribution in [2.24, 2.45) is 12.0 Å². The fourth-order valence-electron chi connectivity index (χ4n) is 3.90. The summed E-state index contributed by atoms with van der Waals surface area (Å²) >= 11 is 1.87. The van der Waals surface area contributed by atoms with Crippen LogP contribution in [0.1, 0.15) is 59.2 Å². The second-order valence-electron chi connectivity index (χ2n) is 7.14. The van der Waals surface area contributed by atoms with Crippen molar-refractivity contribution < 1.29 is 0 Å². The van der Waals surface area contributed by atoms with E-state index in [-0.39, 0.29) is 24.0 Å². The first-order valence-corrected chi connectivity index (χ1v) is 10.8. The van der Waals surface area contributed by atoms with Crippen LogP contribution in [0.15, 0.2) is 4.99 Å². The van der Waals surface area contributed by atoms with Gasteiger partial charge in [-0.15, -0.1) is 35.3 Å². The molecule has 0 amide bonds. The van der Waals surface area contributed by atoms with Crippen LogP contribution in [-0.4, -0.2) is 39.7 Å². The van der Waals surface area contributed by atoms with Crippen LogP contribution in [0.5, 0.6) is 0 Å². The molecule has 2 aromatic rings. The van der Waals surface area contributed by atoms with Crippen LogP contribution in [-0.2, 0) is 45.8 Å². The van der Waals surface area contributed by atoms with Gasteiger partial charge in [0.15, 0.2) is 5.96 Å². The van der Waals surface area contributed by atoms with Gasteiger partial charge in [-0.1, -0.05) is 13.8 Å². The van der Waals surface area contributed by atoms with Gasteiger partial charge in [-0.2, -0.15) is 5.10 Å². The number of hydrogen-bond acceptors (Lipinski definition) is 4. The van der Waals surface area contributed by atoms with E-state index < -0.39 is 0 Å². The normalized spacial score (nSPS) is 13.8. The van der Waals surface area contributed by atoms with Gasteiger partial charge in [-0.25, -0.2) is 4.98 Å². The highest BCUT2D eigenvalue weighted by atomic mass is 127. The summed E-state index contributed by atoms with van der Waals surface area (Å²) in [6.07, 6.45) is 6.86. The highest BCUT2D eigenvalue weighted by Gasteiger charge is 2.18. The molecule has 8 heteroatoms. The van der Waals surface area contributed by atoms with Crippen molar-refractivity contribution in [3.8, 4) is 0 Å². The molecule has 6 nitrogen and oxygen atoms in total. The first-order valence-electron chi connectivity index (χ1n) is 10.00. The third-order valence-corrected chi connectivity index (χ3v) is 6.43. The van der Waals surface area contributed by atoms with Crippen molar-refractivity contribution in [3.63, 3.8) is 0 Å². The molecule has 0 atom stereocenters. The van der Waals surface area contributed by atoms with E-state index in [1.54, 1.807) is 0 Å². The maximum atomic E-state index is 4.86. The first kappa shape index (κ1) is 23.1. The van der Waals surface area contributed by atoms with Crippen molar-refractivity contribution in [2.45, 2.75) is 65.5 Å². The summed E-state index contributed by atoms with van der Waals surface area (Å²) in [5, 5.41) is 9.39. The minimum atomic E-state index is 0. The molecule has 0 radical (unpaired) electrons. The van der Waals surface area contributed by atoms with Crippen molar-refractivity contribution in [1.82, 2.24) is 25.0 Å². The lowest BCUT2D eigenvalue weighted by Gasteiger charge is -2.21. The average molecular weight is 516 g/mol. The number of guanidine groups is 1. The predicted octanol–water partition coefficient (Wildman–Crippen LogP) is 3.71. The number of nitrogens with one attached hydrogen (secondary N) is 1. The van der Waals surface area contributed by atoms with E-state index in [0.717, 1.165) is 38.3 Å². The average Bonchev–Trinajstić information content (AvgIpc) is 3.21. The lowest BCUT2D eigenvalue weighted by Crippen LogP contribution is -2.38. The van der Waals surface area contributed by atoms with Gasteiger partial charge in [0.1, 0.15) is 5.01 Å². The van der Waals surface area contributed by atoms with E-state index in [2.05, 4.69) is 41.2 Å². The molecule has 2 aromatic heterocycles. The van der Waals surface area contributed by atoms with Crippen LogP contribution in [0.3, 0.4) is 0 Å². The summed E-state index contributed by atoms with van der Waals surface area (Å²) < 4.78 is 2.02. The molecule has 1 N–H and O–H groups in total. The molecule has 2 heterocycles. The number of aromatic nitrogens is 3. The second kappa shape index (κ2) is 10.6. The minimum absolute atomic E-state index is 0. The Morgan fingerprint density at radius 3 is 2.64 bits per heavy atom. The third-order valence-electron chi connectivity index (χ3n) is 5.29. The van der Waals surface area contributed by atoms with E-state index >= 15 is 0 Å². The van der Waals surface area contributed by atoms with Crippen LogP contribution in [0, 0.1) is 0 Å². The molecule has 0 saturated carbocycles. The van der Waals surface area contributed by atoms with E-state index in [1.165, 1.54) is 51.8 Å². The summed E-state index contributed by atoms with van der Waals surface area (Å²) in [6.45, 7) is 5.90. The predicted molar refractivity (Wildman–Crippen MR) is 128 cm³/mol. The molecule has 0 aliphatic heterocycles. The molecule has 0 fully saturated rings. The topological polar surface area (TPSA) is 58.3 Å². The zero-order chi connectivity index (χ0) is 19.4. The smallest absolute Gasteiger partial charge is 0.194 e. The molecule has 0 saturated heterocycles. The minimum Gasteiger partial charge on any atom is -0.352 e. The van der Waals surface area contributed by atoms with Gasteiger partial charge in [0, 0.05) is 43.8 Å². The number of thiazole rings is 1. The Balaban J connectivity index is 0.00000280. The van der Waals surface area contributed by atoms with Gasteiger partial charge in [0.2, 0.25) is 0 Å². The Morgan fingerprint density at radius 1 is 1.25 bits per heavy atom. The highest BCUT2D eigenvalue weighted by molar-refractivity contribution is 14.0. The molecule has 0 spiro atoms. The molecule has 1 aliphatic rings. The third kappa shape index (κ3) is 5.06. The number of nitrogens with zero attached hydrogens (tertiary/aromatic N) is 5. The van der Waals surface area contributed by atoms with Crippen molar-refractivity contribution >= 4 is 41.3 Å². The quantitative estimate of drug-likeness (QED) is 0.362. The monoisotopic (exact) mass is 516 g/mol. The molecule has 0 unspecified atom stereocenters. The van der Waals surface area contributed by atoms with Crippen molar-refractivity contribution in [2.75, 3.05) is 14.1 Å². The first-order chi connectivity index (χ1) is 13.1. The SMILES string of the molecule is CCc1nn(C)c(CC)c1CNC(=NC)N(C)Cc1nc2c(s1)CCCC2.I. The maximum Gasteiger partial charge on any atom is 0.194 e. The van der Waals surface area contributed by atoms with Crippen molar-refractivity contribution in [3.05, 3.63) is 32.5 Å². The summed E-state index contributed by atoms with van der Waals surface area (Å²) in [5.74, 6) is 0.899. The molecular formula is C20H33IN6S. The number of hydrogen-bond donors (Lipinski definition) is 1. The second-order valence-corrected chi connectivity index (χ2v) is 8.31. The standard InChI is InChI=1S/C20H32N6S.HI/c1-6-15-14(17(7-2)26(5)24-15)12-22-20(21-3)25(4)13-19-23-16-10-8-9-11-18(16)27-19;/h6-13H2,1-5H3,(H,21,22);1H. The lowest BCUT2D eigenvalue weighted by molar-refractivity contribution is 0.474. The number of fused-ring (bicyclic) bond motifs is 1. The van der Waals surface area contributed by atoms with E-state index in [4.69, 9.17) is 4.98 Å². The van der Waals surface area contributed by atoms with Gasteiger partial charge in [-0.05, 0) is 38.5 Å². The number of rotatable bonds is 6. The van der Waals surface area contributed by atoms with E-state index in [0.29, 0.717) is 0 Å². The van der Waals surface area contributed by atoms with Gasteiger partial charge in [-0.3, -0.25) is 9.67 Å². The van der Waals surface area contributed by atoms with Crippen molar-refractivity contribution in [1.29, 1.82) is 0 Å². The van der Waals surface area contributed by atoms with Gasteiger partial charge in [0.25, 0.3) is 0 Å². The van der Waals surface area contributed by atoms with E-state index in [1.807, 2.05) is 30.1 Å². The molecule has 1 aliphatic carbocycles. The molecule has 0 bridgehead atoms. The Hall–Kier alpha value is -1.16. The summed E-state index contributed by atoms with van der Waals surface area (Å²) in [7, 11) is 5.96. The Kier molecular flexibility index (Phi) is 8.73. The van der Waals surface area contributed by atoms with Crippen LogP contribution in [0.25, 0.3) is 0 Å². The molecule has 156 valence electrons. The molecule has 0 aromatic carbocycles. The highest BCUT2D eigenvalue weighted by Crippen LogP contribution is 2.27. The summed E-state index contributed by atoms with van der Waals surface area (Å²) in [6, 6.07) is 0. The maximum absolute atomic E-state index is 4.86. The van der Waals surface area contributed by atoms with E-state index in [9.17, 15) is 0 Å². The number of aryl methyl sites for hydroxylation is 4. The molecule has 3 rings (SSSR count). The van der Waals surface area contributed by atoms with Crippen LogP contribution in [0.4, 0.5) is 0 Å². The Morgan fingerprint density at radius 2 is 2.00 bits per heavy atom. The Labute approximate surface area is 189 Å². The zero-order valence-electron chi connectivity index (χ0n) is 17.7. The fraction of sp³-hybridized carbons (Fsp3) is 0.650. The number of aliphatic imine (C=N–C) groups is 1.